The van der Waals surface area contributed by atoms with E-state index in [2.05, 4.69) is 44.3 Å². The molecule has 2 heteroatoms. The lowest BCUT2D eigenvalue weighted by Crippen LogP contribution is -2.20. The minimum absolute atomic E-state index is 0.354. The van der Waals surface area contributed by atoms with Gasteiger partial charge in [0.1, 0.15) is 5.75 Å². The summed E-state index contributed by atoms with van der Waals surface area (Å²) in [6.07, 6.45) is 3.44. The predicted octanol–water partition coefficient (Wildman–Crippen LogP) is 3.93. The van der Waals surface area contributed by atoms with Crippen LogP contribution in [0.5, 0.6) is 5.75 Å². The van der Waals surface area contributed by atoms with Gasteiger partial charge in [-0.15, -0.1) is 0 Å². The zero-order chi connectivity index (χ0) is 12.5. The lowest BCUT2D eigenvalue weighted by atomic mass is 10.1. The van der Waals surface area contributed by atoms with Crippen LogP contribution < -0.4 is 10.1 Å². The summed E-state index contributed by atoms with van der Waals surface area (Å²) in [6.45, 7) is 8.42. The molecule has 17 heavy (non-hydrogen) atoms. The molecular weight excluding hydrogens is 210 g/mol. The Morgan fingerprint density at radius 2 is 1.94 bits per heavy atom. The highest BCUT2D eigenvalue weighted by Crippen LogP contribution is 2.24. The highest BCUT2D eigenvalue weighted by atomic mass is 16.5. The van der Waals surface area contributed by atoms with Crippen molar-refractivity contribution in [1.29, 1.82) is 0 Å². The lowest BCUT2D eigenvalue weighted by Gasteiger charge is -2.18. The Labute approximate surface area is 105 Å². The third-order valence-electron chi connectivity index (χ3n) is 2.84. The molecule has 0 amide bonds. The predicted molar refractivity (Wildman–Crippen MR) is 73.6 cm³/mol. The van der Waals surface area contributed by atoms with Gasteiger partial charge >= 0.3 is 0 Å². The molecule has 1 aromatic carbocycles. The van der Waals surface area contributed by atoms with Crippen molar-refractivity contribution in [3.05, 3.63) is 29.8 Å². The Hall–Kier alpha value is -1.02. The summed E-state index contributed by atoms with van der Waals surface area (Å²) < 4.78 is 5.84. The Bertz CT molecular complexity index is 312. The van der Waals surface area contributed by atoms with Crippen LogP contribution in [0, 0.1) is 0 Å². The average Bonchev–Trinajstić information content (AvgIpc) is 2.37. The molecule has 0 aliphatic heterocycles. The molecule has 0 aromatic heterocycles. The molecule has 0 unspecified atom stereocenters. The first-order valence-electron chi connectivity index (χ1n) is 6.74. The quantitative estimate of drug-likeness (QED) is 0.689. The zero-order valence-electron chi connectivity index (χ0n) is 11.3. The third-order valence-corrected chi connectivity index (χ3v) is 2.84. The zero-order valence-corrected chi connectivity index (χ0v) is 11.3. The van der Waals surface area contributed by atoms with Crippen LogP contribution in [0.15, 0.2) is 24.3 Å². The summed E-state index contributed by atoms with van der Waals surface area (Å²) in [5.41, 5.74) is 1.26. The monoisotopic (exact) mass is 235 g/mol. The first kappa shape index (κ1) is 14.0. The standard InChI is InChI=1S/C15H25NO/c1-4-6-12-17-15-10-8-7-9-14(15)13(3)16-11-5-2/h7-10,13,16H,4-6,11-12H2,1-3H3/t13-/m1/s1. The van der Waals surface area contributed by atoms with Crippen LogP contribution in [0.2, 0.25) is 0 Å². The maximum absolute atomic E-state index is 5.84. The van der Waals surface area contributed by atoms with E-state index in [1.807, 2.05) is 6.07 Å². The second-order valence-electron chi connectivity index (χ2n) is 4.42. The second kappa shape index (κ2) is 8.13. The largest absolute Gasteiger partial charge is 0.493 e. The molecule has 2 nitrogen and oxygen atoms in total. The summed E-state index contributed by atoms with van der Waals surface area (Å²) in [6, 6.07) is 8.68. The van der Waals surface area contributed by atoms with E-state index in [9.17, 15) is 0 Å². The summed E-state index contributed by atoms with van der Waals surface area (Å²) >= 11 is 0. The average molecular weight is 235 g/mol. The number of unbranched alkanes of at least 4 members (excludes halogenated alkanes) is 1. The van der Waals surface area contributed by atoms with Crippen molar-refractivity contribution in [2.24, 2.45) is 0 Å². The van der Waals surface area contributed by atoms with Crippen molar-refractivity contribution in [2.75, 3.05) is 13.2 Å². The van der Waals surface area contributed by atoms with Gasteiger partial charge in [0.2, 0.25) is 0 Å². The first-order chi connectivity index (χ1) is 8.29. The summed E-state index contributed by atoms with van der Waals surface area (Å²) in [7, 11) is 0. The van der Waals surface area contributed by atoms with Gasteiger partial charge in [0.15, 0.2) is 0 Å². The van der Waals surface area contributed by atoms with Gasteiger partial charge in [0, 0.05) is 11.6 Å². The Morgan fingerprint density at radius 3 is 2.65 bits per heavy atom. The first-order valence-corrected chi connectivity index (χ1v) is 6.74. The van der Waals surface area contributed by atoms with E-state index >= 15 is 0 Å². The number of nitrogens with one attached hydrogen (secondary N) is 1. The van der Waals surface area contributed by atoms with Crippen molar-refractivity contribution in [2.45, 2.75) is 46.1 Å². The van der Waals surface area contributed by atoms with Gasteiger partial charge in [-0.05, 0) is 32.4 Å². The van der Waals surface area contributed by atoms with Crippen molar-refractivity contribution in [3.63, 3.8) is 0 Å². The molecular formula is C15H25NO. The van der Waals surface area contributed by atoms with Gasteiger partial charge in [-0.3, -0.25) is 0 Å². The molecule has 0 bridgehead atoms. The van der Waals surface area contributed by atoms with Gasteiger partial charge in [-0.2, -0.15) is 0 Å². The van der Waals surface area contributed by atoms with Crippen LogP contribution in [0.4, 0.5) is 0 Å². The minimum atomic E-state index is 0.354. The van der Waals surface area contributed by atoms with E-state index in [1.165, 1.54) is 12.0 Å². The fraction of sp³-hybridized carbons (Fsp3) is 0.600. The van der Waals surface area contributed by atoms with Crippen LogP contribution in [-0.4, -0.2) is 13.2 Å². The Kier molecular flexibility index (Phi) is 6.71. The number of rotatable bonds is 8. The van der Waals surface area contributed by atoms with E-state index in [-0.39, 0.29) is 0 Å². The maximum Gasteiger partial charge on any atom is 0.124 e. The number of ether oxygens (including phenoxy) is 1. The van der Waals surface area contributed by atoms with Crippen molar-refractivity contribution < 1.29 is 4.74 Å². The highest BCUT2D eigenvalue weighted by molar-refractivity contribution is 5.35. The normalized spacial score (nSPS) is 12.4. The Morgan fingerprint density at radius 1 is 1.18 bits per heavy atom. The SMILES string of the molecule is CCCCOc1ccccc1[C@@H](C)NCCC. The van der Waals surface area contributed by atoms with E-state index in [1.54, 1.807) is 0 Å². The van der Waals surface area contributed by atoms with Crippen molar-refractivity contribution in [3.8, 4) is 5.75 Å². The molecule has 0 spiro atoms. The fourth-order valence-corrected chi connectivity index (χ4v) is 1.77. The van der Waals surface area contributed by atoms with E-state index in [0.29, 0.717) is 6.04 Å². The third kappa shape index (κ3) is 4.78. The smallest absolute Gasteiger partial charge is 0.124 e. The van der Waals surface area contributed by atoms with Gasteiger partial charge in [0.25, 0.3) is 0 Å². The Balaban J connectivity index is 2.62. The summed E-state index contributed by atoms with van der Waals surface area (Å²) in [5.74, 6) is 1.03. The molecule has 0 saturated heterocycles. The molecule has 1 N–H and O–H groups in total. The van der Waals surface area contributed by atoms with Crippen LogP contribution >= 0.6 is 0 Å². The lowest BCUT2D eigenvalue weighted by molar-refractivity contribution is 0.303. The van der Waals surface area contributed by atoms with Gasteiger partial charge in [0.05, 0.1) is 6.61 Å². The number of hydrogen-bond acceptors (Lipinski definition) is 2. The molecule has 0 saturated carbocycles. The molecule has 0 heterocycles. The van der Waals surface area contributed by atoms with E-state index < -0.39 is 0 Å². The summed E-state index contributed by atoms with van der Waals surface area (Å²) in [5, 5.41) is 3.50. The molecule has 1 atom stereocenters. The molecule has 1 aromatic rings. The van der Waals surface area contributed by atoms with Crippen LogP contribution in [0.1, 0.15) is 51.6 Å². The molecule has 0 aliphatic carbocycles. The van der Waals surface area contributed by atoms with Crippen LogP contribution in [-0.2, 0) is 0 Å². The fourth-order valence-electron chi connectivity index (χ4n) is 1.77. The van der Waals surface area contributed by atoms with Gasteiger partial charge in [-0.25, -0.2) is 0 Å². The van der Waals surface area contributed by atoms with E-state index in [0.717, 1.165) is 31.7 Å². The number of para-hydroxylation sites is 1. The highest BCUT2D eigenvalue weighted by Gasteiger charge is 2.09. The molecule has 0 fully saturated rings. The van der Waals surface area contributed by atoms with Gasteiger partial charge in [-0.1, -0.05) is 38.5 Å². The number of benzene rings is 1. The van der Waals surface area contributed by atoms with Crippen molar-refractivity contribution >= 4 is 0 Å². The van der Waals surface area contributed by atoms with Gasteiger partial charge < -0.3 is 10.1 Å². The maximum atomic E-state index is 5.84. The van der Waals surface area contributed by atoms with Crippen molar-refractivity contribution in [1.82, 2.24) is 5.32 Å². The molecule has 0 aliphatic rings. The van der Waals surface area contributed by atoms with Crippen LogP contribution in [0.25, 0.3) is 0 Å². The second-order valence-corrected chi connectivity index (χ2v) is 4.42. The minimum Gasteiger partial charge on any atom is -0.493 e. The molecule has 1 rings (SSSR count). The van der Waals surface area contributed by atoms with Crippen LogP contribution in [0.3, 0.4) is 0 Å². The summed E-state index contributed by atoms with van der Waals surface area (Å²) in [4.78, 5) is 0. The molecule has 0 radical (unpaired) electrons. The van der Waals surface area contributed by atoms with E-state index in [4.69, 9.17) is 4.74 Å². The number of hydrogen-bond donors (Lipinski definition) is 1. The molecule has 96 valence electrons. The topological polar surface area (TPSA) is 21.3 Å².